The van der Waals surface area contributed by atoms with E-state index in [4.69, 9.17) is 10.8 Å². The van der Waals surface area contributed by atoms with Gasteiger partial charge < -0.3 is 16.2 Å². The van der Waals surface area contributed by atoms with Crippen LogP contribution in [0.3, 0.4) is 0 Å². The monoisotopic (exact) mass is 235 g/mol. The second kappa shape index (κ2) is 5.16. The van der Waals surface area contributed by atoms with E-state index in [-0.39, 0.29) is 18.7 Å². The predicted molar refractivity (Wildman–Crippen MR) is 65.8 cm³/mol. The number of hydrogen-bond acceptors (Lipinski definition) is 3. The molecule has 1 aromatic rings. The second-order valence-corrected chi connectivity index (χ2v) is 4.06. The average molecular weight is 235 g/mol. The van der Waals surface area contributed by atoms with Crippen LogP contribution in [0.1, 0.15) is 18.0 Å². The van der Waals surface area contributed by atoms with E-state index in [1.54, 1.807) is 4.90 Å². The Morgan fingerprint density at radius 2 is 2.24 bits per heavy atom. The Hall–Kier alpha value is -1.59. The standard InChI is InChI=1S/C12H17N3O2/c13-10(5-8-16)9-3-1-2-4-11(9)15-7-6-14-12(15)17/h1-4,10,16H,5-8,13H2,(H,14,17). The Balaban J connectivity index is 2.30. The number of aliphatic hydroxyl groups is 1. The van der Waals surface area contributed by atoms with Crippen molar-refractivity contribution in [1.29, 1.82) is 0 Å². The van der Waals surface area contributed by atoms with Crippen LogP contribution < -0.4 is 16.0 Å². The topological polar surface area (TPSA) is 78.6 Å². The number of anilines is 1. The molecule has 1 aliphatic rings. The number of nitrogens with one attached hydrogen (secondary N) is 1. The van der Waals surface area contributed by atoms with Gasteiger partial charge in [0.05, 0.1) is 5.69 Å². The van der Waals surface area contributed by atoms with Gasteiger partial charge in [-0.05, 0) is 18.1 Å². The van der Waals surface area contributed by atoms with Crippen LogP contribution in [-0.4, -0.2) is 30.8 Å². The summed E-state index contributed by atoms with van der Waals surface area (Å²) in [4.78, 5) is 13.3. The summed E-state index contributed by atoms with van der Waals surface area (Å²) in [7, 11) is 0. The van der Waals surface area contributed by atoms with Gasteiger partial charge in [-0.15, -0.1) is 0 Å². The highest BCUT2D eigenvalue weighted by atomic mass is 16.3. The fraction of sp³-hybridized carbons (Fsp3) is 0.417. The maximum Gasteiger partial charge on any atom is 0.322 e. The summed E-state index contributed by atoms with van der Waals surface area (Å²) < 4.78 is 0. The predicted octanol–water partition coefficient (Wildman–Crippen LogP) is 0.598. The SMILES string of the molecule is NC(CCO)c1ccccc1N1CCNC1=O. The average Bonchev–Trinajstić information content (AvgIpc) is 2.76. The molecule has 0 radical (unpaired) electrons. The Labute approximate surface area is 100 Å². The third-order valence-corrected chi connectivity index (χ3v) is 2.92. The molecule has 5 heteroatoms. The molecule has 1 aliphatic heterocycles. The maximum atomic E-state index is 11.6. The molecule has 17 heavy (non-hydrogen) atoms. The number of carbonyl (C=O) groups excluding carboxylic acids is 1. The number of rotatable bonds is 4. The van der Waals surface area contributed by atoms with Crippen molar-refractivity contribution < 1.29 is 9.90 Å². The molecule has 1 saturated heterocycles. The number of amides is 2. The minimum atomic E-state index is -0.246. The van der Waals surface area contributed by atoms with E-state index in [0.717, 1.165) is 11.3 Å². The van der Waals surface area contributed by atoms with Gasteiger partial charge in [-0.25, -0.2) is 4.79 Å². The first kappa shape index (κ1) is 11.9. The first-order valence-electron chi connectivity index (χ1n) is 5.74. The number of benzene rings is 1. The molecule has 0 aliphatic carbocycles. The van der Waals surface area contributed by atoms with E-state index in [9.17, 15) is 4.79 Å². The van der Waals surface area contributed by atoms with Crippen LogP contribution in [-0.2, 0) is 0 Å². The van der Waals surface area contributed by atoms with Crippen molar-refractivity contribution in [3.63, 3.8) is 0 Å². The quantitative estimate of drug-likeness (QED) is 0.715. The molecule has 1 atom stereocenters. The molecule has 5 nitrogen and oxygen atoms in total. The van der Waals surface area contributed by atoms with E-state index in [2.05, 4.69) is 5.32 Å². The van der Waals surface area contributed by atoms with E-state index in [1.807, 2.05) is 24.3 Å². The van der Waals surface area contributed by atoms with Gasteiger partial charge in [0, 0.05) is 25.7 Å². The molecule has 1 aromatic carbocycles. The van der Waals surface area contributed by atoms with E-state index >= 15 is 0 Å². The van der Waals surface area contributed by atoms with Gasteiger partial charge >= 0.3 is 6.03 Å². The van der Waals surface area contributed by atoms with Crippen LogP contribution in [0.25, 0.3) is 0 Å². The maximum absolute atomic E-state index is 11.6. The Morgan fingerprint density at radius 1 is 1.47 bits per heavy atom. The lowest BCUT2D eigenvalue weighted by atomic mass is 10.0. The normalized spacial score (nSPS) is 17.1. The van der Waals surface area contributed by atoms with Crippen molar-refractivity contribution in [2.24, 2.45) is 5.73 Å². The molecule has 1 heterocycles. The Morgan fingerprint density at radius 3 is 2.88 bits per heavy atom. The summed E-state index contributed by atoms with van der Waals surface area (Å²) >= 11 is 0. The van der Waals surface area contributed by atoms with Crippen LogP contribution in [0.15, 0.2) is 24.3 Å². The third-order valence-electron chi connectivity index (χ3n) is 2.92. The summed E-state index contributed by atoms with van der Waals surface area (Å²) in [6, 6.07) is 7.23. The number of hydrogen-bond donors (Lipinski definition) is 3. The molecule has 1 unspecified atom stereocenters. The molecule has 0 aromatic heterocycles. The summed E-state index contributed by atoms with van der Waals surface area (Å²) in [5, 5.41) is 11.7. The lowest BCUT2D eigenvalue weighted by Gasteiger charge is -2.21. The van der Waals surface area contributed by atoms with Gasteiger partial charge in [-0.2, -0.15) is 0 Å². The molecule has 0 saturated carbocycles. The van der Waals surface area contributed by atoms with Gasteiger partial charge in [-0.3, -0.25) is 4.90 Å². The Kier molecular flexibility index (Phi) is 3.61. The first-order valence-corrected chi connectivity index (χ1v) is 5.74. The molecule has 4 N–H and O–H groups in total. The summed E-state index contributed by atoms with van der Waals surface area (Å²) in [6.45, 7) is 1.35. The number of nitrogens with zero attached hydrogens (tertiary/aromatic N) is 1. The summed E-state index contributed by atoms with van der Waals surface area (Å²) in [6.07, 6.45) is 0.493. The van der Waals surface area contributed by atoms with Gasteiger partial charge in [0.15, 0.2) is 0 Å². The van der Waals surface area contributed by atoms with Gasteiger partial charge in [0.2, 0.25) is 0 Å². The van der Waals surface area contributed by atoms with Crippen molar-refractivity contribution in [2.45, 2.75) is 12.5 Å². The van der Waals surface area contributed by atoms with Crippen molar-refractivity contribution in [3.05, 3.63) is 29.8 Å². The largest absolute Gasteiger partial charge is 0.396 e. The van der Waals surface area contributed by atoms with Crippen molar-refractivity contribution in [1.82, 2.24) is 5.32 Å². The molecule has 0 bridgehead atoms. The van der Waals surface area contributed by atoms with Crippen LogP contribution in [0.4, 0.5) is 10.5 Å². The van der Waals surface area contributed by atoms with Crippen molar-refractivity contribution in [2.75, 3.05) is 24.6 Å². The minimum absolute atomic E-state index is 0.0434. The summed E-state index contributed by atoms with van der Waals surface area (Å²) in [5.41, 5.74) is 7.74. The van der Waals surface area contributed by atoms with Crippen LogP contribution in [0.2, 0.25) is 0 Å². The minimum Gasteiger partial charge on any atom is -0.396 e. The zero-order valence-corrected chi connectivity index (χ0v) is 9.60. The van der Waals surface area contributed by atoms with E-state index < -0.39 is 0 Å². The highest BCUT2D eigenvalue weighted by Crippen LogP contribution is 2.27. The number of urea groups is 1. The highest BCUT2D eigenvalue weighted by Gasteiger charge is 2.24. The van der Waals surface area contributed by atoms with Crippen LogP contribution in [0.5, 0.6) is 0 Å². The third kappa shape index (κ3) is 2.40. The number of aliphatic hydroxyl groups excluding tert-OH is 1. The van der Waals surface area contributed by atoms with Gasteiger partial charge in [-0.1, -0.05) is 18.2 Å². The van der Waals surface area contributed by atoms with Gasteiger partial charge in [0.1, 0.15) is 0 Å². The fourth-order valence-electron chi connectivity index (χ4n) is 2.04. The van der Waals surface area contributed by atoms with Gasteiger partial charge in [0.25, 0.3) is 0 Å². The molecular formula is C12H17N3O2. The molecule has 2 amide bonds. The summed E-state index contributed by atoms with van der Waals surface area (Å²) in [5.74, 6) is 0. The molecule has 2 rings (SSSR count). The highest BCUT2D eigenvalue weighted by molar-refractivity contribution is 5.94. The second-order valence-electron chi connectivity index (χ2n) is 4.06. The Bertz CT molecular complexity index is 408. The van der Waals surface area contributed by atoms with Crippen LogP contribution >= 0.6 is 0 Å². The zero-order valence-electron chi connectivity index (χ0n) is 9.60. The zero-order chi connectivity index (χ0) is 12.3. The number of nitrogens with two attached hydrogens (primary N) is 1. The smallest absolute Gasteiger partial charge is 0.322 e. The lowest BCUT2D eigenvalue weighted by Crippen LogP contribution is -2.29. The van der Waals surface area contributed by atoms with Crippen LogP contribution in [0, 0.1) is 0 Å². The molecule has 92 valence electrons. The first-order chi connectivity index (χ1) is 8.24. The fourth-order valence-corrected chi connectivity index (χ4v) is 2.04. The van der Waals surface area contributed by atoms with E-state index in [0.29, 0.717) is 19.5 Å². The molecule has 1 fully saturated rings. The number of carbonyl (C=O) groups is 1. The molecular weight excluding hydrogens is 218 g/mol. The van der Waals surface area contributed by atoms with E-state index in [1.165, 1.54) is 0 Å². The van der Waals surface area contributed by atoms with Crippen molar-refractivity contribution in [3.8, 4) is 0 Å². The van der Waals surface area contributed by atoms with Crippen molar-refractivity contribution >= 4 is 11.7 Å². The molecule has 0 spiro atoms. The number of para-hydroxylation sites is 1. The lowest BCUT2D eigenvalue weighted by molar-refractivity contribution is 0.252.